The van der Waals surface area contributed by atoms with Crippen molar-refractivity contribution in [3.05, 3.63) is 42.2 Å². The number of benzene rings is 1. The molecule has 2 nitrogen and oxygen atoms in total. The molecule has 1 aromatic rings. The first-order chi connectivity index (χ1) is 9.77. The largest absolute Gasteiger partial charge is 0.501 e. The van der Waals surface area contributed by atoms with Crippen molar-refractivity contribution in [2.45, 2.75) is 44.3 Å². The van der Waals surface area contributed by atoms with Crippen LogP contribution >= 0.6 is 0 Å². The fourth-order valence-electron chi connectivity index (χ4n) is 2.54. The van der Waals surface area contributed by atoms with Crippen molar-refractivity contribution in [1.29, 1.82) is 0 Å². The van der Waals surface area contributed by atoms with Gasteiger partial charge >= 0.3 is 0 Å². The van der Waals surface area contributed by atoms with Crippen molar-refractivity contribution >= 4 is 16.4 Å². The summed E-state index contributed by atoms with van der Waals surface area (Å²) in [7, 11) is -0.593. The van der Waals surface area contributed by atoms with E-state index in [4.69, 9.17) is 4.74 Å². The van der Waals surface area contributed by atoms with Crippen molar-refractivity contribution in [2.75, 3.05) is 12.4 Å². The maximum Gasteiger partial charge on any atom is 0.0873 e. The second-order valence-electron chi connectivity index (χ2n) is 5.38. The van der Waals surface area contributed by atoms with Crippen LogP contribution in [0, 0.1) is 0 Å². The van der Waals surface area contributed by atoms with Crippen LogP contribution in [0.15, 0.2) is 36.6 Å². The zero-order chi connectivity index (χ0) is 14.2. The minimum absolute atomic E-state index is 0.409. The van der Waals surface area contributed by atoms with Crippen LogP contribution in [-0.4, -0.2) is 21.8 Å². The maximum atomic E-state index is 11.8. The van der Waals surface area contributed by atoms with E-state index in [0.29, 0.717) is 5.25 Å². The zero-order valence-corrected chi connectivity index (χ0v) is 13.0. The molecule has 2 rings (SSSR count). The second-order valence-corrected chi connectivity index (χ2v) is 7.22. The summed E-state index contributed by atoms with van der Waals surface area (Å²) in [5, 5.41) is 0.409. The van der Waals surface area contributed by atoms with Crippen LogP contribution in [0.4, 0.5) is 0 Å². The highest BCUT2D eigenvalue weighted by Crippen LogP contribution is 2.20. The Kier molecular flexibility index (Phi) is 6.31. The molecule has 20 heavy (non-hydrogen) atoms. The summed E-state index contributed by atoms with van der Waals surface area (Å²) in [4.78, 5) is 0. The van der Waals surface area contributed by atoms with Crippen LogP contribution in [-0.2, 0) is 15.5 Å². The highest BCUT2D eigenvalue weighted by Gasteiger charge is 2.19. The molecule has 1 aromatic carbocycles. The van der Waals surface area contributed by atoms with Gasteiger partial charge in [0.25, 0.3) is 0 Å². The lowest BCUT2D eigenvalue weighted by atomic mass is 10.1. The number of hydrogen-bond donors (Lipinski definition) is 0. The van der Waals surface area contributed by atoms with Gasteiger partial charge in [-0.05, 0) is 43.7 Å². The quantitative estimate of drug-likeness (QED) is 0.581. The molecule has 1 saturated heterocycles. The average Bonchev–Trinajstić information content (AvgIpc) is 2.49. The molecule has 2 atom stereocenters. The van der Waals surface area contributed by atoms with Gasteiger partial charge in [-0.1, -0.05) is 36.8 Å². The van der Waals surface area contributed by atoms with E-state index in [1.807, 2.05) is 24.5 Å². The van der Waals surface area contributed by atoms with Gasteiger partial charge in [-0.25, -0.2) is 0 Å². The van der Waals surface area contributed by atoms with Crippen LogP contribution in [0.25, 0.3) is 5.57 Å². The molecular weight excluding hydrogens is 268 g/mol. The van der Waals surface area contributed by atoms with Crippen LogP contribution in [0.1, 0.15) is 44.6 Å². The van der Waals surface area contributed by atoms with Gasteiger partial charge in [0.2, 0.25) is 0 Å². The molecule has 1 heterocycles. The molecule has 3 heteroatoms. The first kappa shape index (κ1) is 15.3. The van der Waals surface area contributed by atoms with Crippen molar-refractivity contribution in [1.82, 2.24) is 0 Å². The Morgan fingerprint density at radius 2 is 2.15 bits per heavy atom. The Labute approximate surface area is 124 Å². The zero-order valence-electron chi connectivity index (χ0n) is 12.2. The Bertz CT molecular complexity index is 453. The molecule has 2 unspecified atom stereocenters. The van der Waals surface area contributed by atoms with Crippen molar-refractivity contribution in [2.24, 2.45) is 0 Å². The standard InChI is InChI=1S/C17H24O2S/c1-15(16-8-3-2-4-9-16)14-19-12-7-11-17-10-5-6-13-20(17)18/h2-4,8-9,14,17H,5-7,10-13H2,1H3/b15-14-. The third kappa shape index (κ3) is 4.78. The van der Waals surface area contributed by atoms with E-state index in [1.54, 1.807) is 0 Å². The lowest BCUT2D eigenvalue weighted by Crippen LogP contribution is -2.22. The lowest BCUT2D eigenvalue weighted by molar-refractivity contribution is 0.242. The van der Waals surface area contributed by atoms with Gasteiger partial charge in [0, 0.05) is 21.8 Å². The molecule has 0 spiro atoms. The number of allylic oxidation sites excluding steroid dienone is 1. The third-order valence-corrected chi connectivity index (χ3v) is 5.68. The van der Waals surface area contributed by atoms with Gasteiger partial charge in [-0.15, -0.1) is 0 Å². The predicted molar refractivity (Wildman–Crippen MR) is 85.9 cm³/mol. The molecule has 0 bridgehead atoms. The molecule has 1 aliphatic rings. The number of ether oxygens (including phenoxy) is 1. The lowest BCUT2D eigenvalue weighted by Gasteiger charge is -2.20. The number of rotatable bonds is 6. The fraction of sp³-hybridized carbons (Fsp3) is 0.529. The van der Waals surface area contributed by atoms with E-state index in [-0.39, 0.29) is 0 Å². The Morgan fingerprint density at radius 1 is 1.35 bits per heavy atom. The predicted octanol–water partition coefficient (Wildman–Crippen LogP) is 4.15. The monoisotopic (exact) mass is 292 g/mol. The third-order valence-electron chi connectivity index (χ3n) is 3.77. The van der Waals surface area contributed by atoms with Crippen LogP contribution in [0.5, 0.6) is 0 Å². The number of hydrogen-bond acceptors (Lipinski definition) is 2. The summed E-state index contributed by atoms with van der Waals surface area (Å²) in [6.07, 6.45) is 7.38. The summed E-state index contributed by atoms with van der Waals surface area (Å²) < 4.78 is 17.4. The summed E-state index contributed by atoms with van der Waals surface area (Å²) in [6.45, 7) is 2.78. The average molecular weight is 292 g/mol. The first-order valence-corrected chi connectivity index (χ1v) is 8.86. The molecule has 0 radical (unpaired) electrons. The molecule has 0 amide bonds. The second kappa shape index (κ2) is 8.25. The molecule has 0 N–H and O–H groups in total. The highest BCUT2D eigenvalue weighted by atomic mass is 32.2. The van der Waals surface area contributed by atoms with E-state index in [0.717, 1.165) is 43.6 Å². The summed E-state index contributed by atoms with van der Waals surface area (Å²) in [5.74, 6) is 0.901. The van der Waals surface area contributed by atoms with Crippen molar-refractivity contribution < 1.29 is 8.95 Å². The first-order valence-electron chi connectivity index (χ1n) is 7.48. The van der Waals surface area contributed by atoms with Crippen LogP contribution in [0.2, 0.25) is 0 Å². The van der Waals surface area contributed by atoms with Crippen molar-refractivity contribution in [3.8, 4) is 0 Å². The van der Waals surface area contributed by atoms with Crippen molar-refractivity contribution in [3.63, 3.8) is 0 Å². The van der Waals surface area contributed by atoms with Gasteiger partial charge < -0.3 is 4.74 Å². The molecule has 1 aliphatic heterocycles. The Morgan fingerprint density at radius 3 is 2.90 bits per heavy atom. The maximum absolute atomic E-state index is 11.8. The van der Waals surface area contributed by atoms with Gasteiger partial charge in [0.15, 0.2) is 0 Å². The fourth-order valence-corrected chi connectivity index (χ4v) is 4.22. The van der Waals surface area contributed by atoms with Gasteiger partial charge in [0.05, 0.1) is 12.9 Å². The highest BCUT2D eigenvalue weighted by molar-refractivity contribution is 7.85. The molecule has 0 saturated carbocycles. The smallest absolute Gasteiger partial charge is 0.0873 e. The van der Waals surface area contributed by atoms with Crippen LogP contribution in [0.3, 0.4) is 0 Å². The SMILES string of the molecule is C/C(=C/OCCCC1CCCCS1=O)c1ccccc1. The summed E-state index contributed by atoms with van der Waals surface area (Å²) in [6, 6.07) is 10.2. The molecule has 1 fully saturated rings. The van der Waals surface area contributed by atoms with Crippen LogP contribution < -0.4 is 0 Å². The van der Waals surface area contributed by atoms with E-state index in [2.05, 4.69) is 19.1 Å². The van der Waals surface area contributed by atoms with E-state index in [1.165, 1.54) is 12.0 Å². The Hall–Kier alpha value is -1.09. The minimum Gasteiger partial charge on any atom is -0.501 e. The van der Waals surface area contributed by atoms with Gasteiger partial charge in [-0.2, -0.15) is 0 Å². The summed E-state index contributed by atoms with van der Waals surface area (Å²) >= 11 is 0. The summed E-state index contributed by atoms with van der Waals surface area (Å²) in [5.41, 5.74) is 2.34. The molecule has 0 aliphatic carbocycles. The Balaban J connectivity index is 1.67. The molecular formula is C17H24O2S. The van der Waals surface area contributed by atoms with E-state index < -0.39 is 10.8 Å². The van der Waals surface area contributed by atoms with E-state index >= 15 is 0 Å². The van der Waals surface area contributed by atoms with E-state index in [9.17, 15) is 4.21 Å². The topological polar surface area (TPSA) is 26.3 Å². The van der Waals surface area contributed by atoms with Gasteiger partial charge in [-0.3, -0.25) is 4.21 Å². The molecule has 0 aromatic heterocycles. The molecule has 110 valence electrons. The normalized spacial score (nSPS) is 23.6. The van der Waals surface area contributed by atoms with Gasteiger partial charge in [0.1, 0.15) is 0 Å². The minimum atomic E-state index is -0.593.